The van der Waals surface area contributed by atoms with Gasteiger partial charge in [-0.05, 0) is 73.7 Å². The minimum absolute atomic E-state index is 0.138. The maximum Gasteiger partial charge on any atom is 0.255 e. The summed E-state index contributed by atoms with van der Waals surface area (Å²) in [5.74, 6) is -0.380. The summed E-state index contributed by atoms with van der Waals surface area (Å²) in [6, 6.07) is 8.08. The number of carbonyl (C=O) groups excluding carboxylic acids is 1. The fourth-order valence-electron chi connectivity index (χ4n) is 4.06. The zero-order valence-electron chi connectivity index (χ0n) is 19.7. The second-order valence-corrected chi connectivity index (χ2v) is 12.1. The maximum absolute atomic E-state index is 13.0. The molecule has 3 rings (SSSR count). The van der Waals surface area contributed by atoms with Gasteiger partial charge in [-0.25, -0.2) is 16.8 Å². The van der Waals surface area contributed by atoms with Gasteiger partial charge in [-0.2, -0.15) is 4.31 Å². The lowest BCUT2D eigenvalue weighted by atomic mass is 10.0. The maximum atomic E-state index is 13.0. The topological polar surface area (TPSA) is 104 Å². The summed E-state index contributed by atoms with van der Waals surface area (Å²) >= 11 is 0. The molecule has 2 aromatic carbocycles. The Balaban J connectivity index is 1.95. The molecule has 0 aliphatic carbocycles. The number of aryl methyl sites for hydroxylation is 2. The van der Waals surface area contributed by atoms with E-state index in [1.807, 2.05) is 13.8 Å². The molecule has 0 fully saturated rings. The summed E-state index contributed by atoms with van der Waals surface area (Å²) in [5, 5.41) is 2.85. The fourth-order valence-corrected chi connectivity index (χ4v) is 6.63. The molecule has 0 saturated heterocycles. The van der Waals surface area contributed by atoms with Crippen LogP contribution in [-0.4, -0.2) is 52.9 Å². The first-order chi connectivity index (χ1) is 15.4. The van der Waals surface area contributed by atoms with Crippen molar-refractivity contribution >= 4 is 37.3 Å². The highest BCUT2D eigenvalue weighted by molar-refractivity contribution is 7.92. The summed E-state index contributed by atoms with van der Waals surface area (Å²) in [7, 11) is -7.07. The quantitative estimate of drug-likeness (QED) is 0.637. The van der Waals surface area contributed by atoms with E-state index in [0.29, 0.717) is 49.4 Å². The van der Waals surface area contributed by atoms with Crippen molar-refractivity contribution in [2.75, 3.05) is 35.5 Å². The number of nitrogens with zero attached hydrogens (tertiary/aromatic N) is 2. The van der Waals surface area contributed by atoms with E-state index < -0.39 is 20.0 Å². The van der Waals surface area contributed by atoms with Crippen LogP contribution in [0.25, 0.3) is 0 Å². The van der Waals surface area contributed by atoms with Crippen LogP contribution in [0, 0.1) is 13.8 Å². The molecule has 0 aromatic heterocycles. The van der Waals surface area contributed by atoms with Gasteiger partial charge in [-0.1, -0.05) is 13.8 Å². The molecular formula is C23H31N3O5S2. The summed E-state index contributed by atoms with van der Waals surface area (Å²) < 4.78 is 52.9. The average Bonchev–Trinajstić information content (AvgIpc) is 2.75. The van der Waals surface area contributed by atoms with Crippen LogP contribution in [-0.2, 0) is 26.5 Å². The fraction of sp³-hybridized carbons (Fsp3) is 0.435. The van der Waals surface area contributed by atoms with E-state index in [9.17, 15) is 21.6 Å². The van der Waals surface area contributed by atoms with Crippen LogP contribution in [0.4, 0.5) is 11.4 Å². The van der Waals surface area contributed by atoms with Crippen molar-refractivity contribution in [3.8, 4) is 0 Å². The molecule has 1 aliphatic heterocycles. The second-order valence-electron chi connectivity index (χ2n) is 8.24. The van der Waals surface area contributed by atoms with Gasteiger partial charge in [0.2, 0.25) is 20.0 Å². The van der Waals surface area contributed by atoms with Gasteiger partial charge >= 0.3 is 0 Å². The van der Waals surface area contributed by atoms with Crippen LogP contribution in [0.2, 0.25) is 0 Å². The third-order valence-electron chi connectivity index (χ3n) is 6.05. The van der Waals surface area contributed by atoms with Gasteiger partial charge in [0.25, 0.3) is 5.91 Å². The van der Waals surface area contributed by atoms with E-state index in [1.165, 1.54) is 20.9 Å². The zero-order valence-corrected chi connectivity index (χ0v) is 21.3. The first kappa shape index (κ1) is 25.2. The van der Waals surface area contributed by atoms with E-state index in [2.05, 4.69) is 5.32 Å². The molecule has 2 aromatic rings. The van der Waals surface area contributed by atoms with Crippen molar-refractivity contribution in [3.63, 3.8) is 0 Å². The number of amides is 1. The highest BCUT2D eigenvalue weighted by Gasteiger charge is 2.26. The first-order valence-electron chi connectivity index (χ1n) is 10.9. The Kier molecular flexibility index (Phi) is 7.21. The van der Waals surface area contributed by atoms with Crippen LogP contribution >= 0.6 is 0 Å². The molecule has 0 atom stereocenters. The van der Waals surface area contributed by atoms with Crippen LogP contribution in [0.5, 0.6) is 0 Å². The molecule has 8 nitrogen and oxygen atoms in total. The molecule has 0 spiro atoms. The molecule has 1 heterocycles. The van der Waals surface area contributed by atoms with Crippen LogP contribution in [0.1, 0.15) is 47.3 Å². The molecule has 1 amide bonds. The van der Waals surface area contributed by atoms with Gasteiger partial charge < -0.3 is 5.32 Å². The first-order valence-corrected chi connectivity index (χ1v) is 14.2. The van der Waals surface area contributed by atoms with Crippen LogP contribution < -0.4 is 9.62 Å². The van der Waals surface area contributed by atoms with E-state index in [4.69, 9.17) is 0 Å². The summed E-state index contributed by atoms with van der Waals surface area (Å²) in [4.78, 5) is 13.2. The Hall–Kier alpha value is -2.43. The molecule has 10 heteroatoms. The predicted molar refractivity (Wildman–Crippen MR) is 131 cm³/mol. The van der Waals surface area contributed by atoms with Gasteiger partial charge in [0.15, 0.2) is 0 Å². The molecule has 180 valence electrons. The normalized spacial score (nSPS) is 14.3. The molecule has 1 N–H and O–H groups in total. The van der Waals surface area contributed by atoms with Gasteiger partial charge in [-0.3, -0.25) is 9.10 Å². The van der Waals surface area contributed by atoms with Crippen molar-refractivity contribution < 1.29 is 21.6 Å². The lowest BCUT2D eigenvalue weighted by molar-refractivity contribution is 0.102. The Labute approximate surface area is 196 Å². The number of nitrogens with one attached hydrogen (secondary N) is 1. The summed E-state index contributed by atoms with van der Waals surface area (Å²) in [5.41, 5.74) is 3.75. The Bertz CT molecular complexity index is 1280. The second kappa shape index (κ2) is 9.44. The molecule has 0 unspecified atom stereocenters. The van der Waals surface area contributed by atoms with E-state index in [1.54, 1.807) is 38.1 Å². The van der Waals surface area contributed by atoms with Gasteiger partial charge in [-0.15, -0.1) is 0 Å². The number of hydrogen-bond donors (Lipinski definition) is 1. The monoisotopic (exact) mass is 493 g/mol. The van der Waals surface area contributed by atoms with Crippen molar-refractivity contribution in [1.29, 1.82) is 0 Å². The minimum Gasteiger partial charge on any atom is -0.322 e. The highest BCUT2D eigenvalue weighted by Crippen LogP contribution is 2.31. The summed E-state index contributed by atoms with van der Waals surface area (Å²) in [6.45, 7) is 8.34. The number of fused-ring (bicyclic) bond motifs is 1. The Morgan fingerprint density at radius 1 is 1.06 bits per heavy atom. The van der Waals surface area contributed by atoms with Crippen molar-refractivity contribution in [2.24, 2.45) is 0 Å². The third kappa shape index (κ3) is 5.07. The number of anilines is 2. The van der Waals surface area contributed by atoms with Crippen LogP contribution in [0.15, 0.2) is 35.2 Å². The smallest absolute Gasteiger partial charge is 0.255 e. The number of sulfonamides is 2. The molecule has 1 aliphatic rings. The third-order valence-corrected chi connectivity index (χ3v) is 9.26. The average molecular weight is 494 g/mol. The van der Waals surface area contributed by atoms with E-state index >= 15 is 0 Å². The molecular weight excluding hydrogens is 462 g/mol. The summed E-state index contributed by atoms with van der Waals surface area (Å²) in [6.07, 6.45) is 2.53. The lowest BCUT2D eigenvalue weighted by Gasteiger charge is -2.29. The molecule has 0 saturated carbocycles. The van der Waals surface area contributed by atoms with Crippen molar-refractivity contribution in [1.82, 2.24) is 4.31 Å². The molecule has 33 heavy (non-hydrogen) atoms. The standard InChI is InChI=1S/C23H31N3O5S2/c1-6-25(7-2)33(30,31)20-13-16(3)17(4)21(15-20)24-23(27)19-10-11-22-18(14-19)9-8-12-26(22)32(5,28)29/h10-11,13-15H,6-9,12H2,1-5H3,(H,24,27). The Morgan fingerprint density at radius 2 is 1.73 bits per heavy atom. The van der Waals surface area contributed by atoms with Crippen molar-refractivity contribution in [2.45, 2.75) is 45.4 Å². The van der Waals surface area contributed by atoms with Gasteiger partial charge in [0, 0.05) is 30.9 Å². The van der Waals surface area contributed by atoms with E-state index in [-0.39, 0.29) is 10.8 Å². The predicted octanol–water partition coefficient (Wildman–Crippen LogP) is 3.30. The number of carbonyl (C=O) groups is 1. The Morgan fingerprint density at radius 3 is 2.33 bits per heavy atom. The van der Waals surface area contributed by atoms with Gasteiger partial charge in [0.1, 0.15) is 0 Å². The number of benzene rings is 2. The van der Waals surface area contributed by atoms with Crippen molar-refractivity contribution in [3.05, 3.63) is 52.6 Å². The molecule has 0 bridgehead atoms. The van der Waals surface area contributed by atoms with Gasteiger partial charge in [0.05, 0.1) is 16.8 Å². The number of rotatable bonds is 7. The largest absolute Gasteiger partial charge is 0.322 e. The van der Waals surface area contributed by atoms with E-state index in [0.717, 1.165) is 16.7 Å². The van der Waals surface area contributed by atoms with Crippen LogP contribution in [0.3, 0.4) is 0 Å². The zero-order chi connectivity index (χ0) is 24.6. The minimum atomic E-state index is -3.68. The SMILES string of the molecule is CCN(CC)S(=O)(=O)c1cc(C)c(C)c(NC(=O)c2ccc3c(c2)CCCN3S(C)(=O)=O)c1. The highest BCUT2D eigenvalue weighted by atomic mass is 32.2. The lowest BCUT2D eigenvalue weighted by Crippen LogP contribution is -2.34. The number of hydrogen-bond acceptors (Lipinski definition) is 5. The molecule has 0 radical (unpaired) electrons.